The Hall–Kier alpha value is -1.37. The fourth-order valence-electron chi connectivity index (χ4n) is 3.01. The highest BCUT2D eigenvalue weighted by Gasteiger charge is 2.32. The van der Waals surface area contributed by atoms with Crippen LogP contribution in [-0.4, -0.2) is 33.6 Å². The second-order valence-electron chi connectivity index (χ2n) is 6.15. The van der Waals surface area contributed by atoms with Gasteiger partial charge < -0.3 is 5.32 Å². The van der Waals surface area contributed by atoms with E-state index in [0.29, 0.717) is 26.8 Å². The van der Waals surface area contributed by atoms with Crippen LogP contribution in [0.4, 0.5) is 0 Å². The average molecular weight is 395 g/mol. The van der Waals surface area contributed by atoms with Gasteiger partial charge in [-0.05, 0) is 30.5 Å². The number of nitrogens with one attached hydrogen (secondary N) is 1. The number of nitrogens with zero attached hydrogens (tertiary/aromatic N) is 1. The van der Waals surface area contributed by atoms with Crippen LogP contribution >= 0.6 is 35.6 Å². The number of thioether (sulfide) groups is 1. The third-order valence-electron chi connectivity index (χ3n) is 4.35. The molecule has 1 saturated carbocycles. The highest BCUT2D eigenvalue weighted by Crippen LogP contribution is 2.33. The van der Waals surface area contributed by atoms with Crippen LogP contribution in [0, 0.1) is 0 Å². The molecule has 0 spiro atoms. The summed E-state index contributed by atoms with van der Waals surface area (Å²) < 4.78 is 0.483. The molecule has 1 aliphatic carbocycles. The van der Waals surface area contributed by atoms with E-state index in [-0.39, 0.29) is 18.2 Å². The third kappa shape index (κ3) is 4.63. The van der Waals surface area contributed by atoms with E-state index in [2.05, 4.69) is 5.32 Å². The van der Waals surface area contributed by atoms with Crippen molar-refractivity contribution in [2.24, 2.45) is 0 Å². The van der Waals surface area contributed by atoms with Crippen molar-refractivity contribution in [3.05, 3.63) is 39.8 Å². The number of carbonyl (C=O) groups excluding carboxylic acids is 2. The second kappa shape index (κ2) is 8.34. The van der Waals surface area contributed by atoms with Gasteiger partial charge in [0.25, 0.3) is 5.91 Å². The largest absolute Gasteiger partial charge is 0.353 e. The second-order valence-corrected chi connectivity index (χ2v) is 8.24. The summed E-state index contributed by atoms with van der Waals surface area (Å²) in [4.78, 5) is 26.7. The van der Waals surface area contributed by atoms with Crippen molar-refractivity contribution in [1.29, 1.82) is 0 Å². The number of halogens is 1. The Balaban J connectivity index is 1.59. The SMILES string of the molecule is O=C(CCN1C(=O)C(=Cc2ccccc2Cl)SC1=S)NC1CCCC1. The van der Waals surface area contributed by atoms with Crippen molar-refractivity contribution in [3.63, 3.8) is 0 Å². The summed E-state index contributed by atoms with van der Waals surface area (Å²) in [7, 11) is 0. The Bertz CT molecular complexity index is 730. The van der Waals surface area contributed by atoms with Gasteiger partial charge in [0, 0.05) is 24.0 Å². The summed E-state index contributed by atoms with van der Waals surface area (Å²) in [5.41, 5.74) is 0.781. The van der Waals surface area contributed by atoms with Crippen LogP contribution < -0.4 is 5.32 Å². The molecule has 0 bridgehead atoms. The topological polar surface area (TPSA) is 49.4 Å². The molecule has 0 aromatic heterocycles. The first-order valence-electron chi connectivity index (χ1n) is 8.34. The molecule has 1 aliphatic heterocycles. The lowest BCUT2D eigenvalue weighted by Crippen LogP contribution is -2.37. The Morgan fingerprint density at radius 1 is 1.36 bits per heavy atom. The molecule has 0 atom stereocenters. The number of carbonyl (C=O) groups is 2. The van der Waals surface area contributed by atoms with E-state index in [1.54, 1.807) is 12.1 Å². The van der Waals surface area contributed by atoms with Crippen LogP contribution in [0.25, 0.3) is 6.08 Å². The summed E-state index contributed by atoms with van der Waals surface area (Å²) in [6.07, 6.45) is 6.46. The first kappa shape index (κ1) is 18.4. The summed E-state index contributed by atoms with van der Waals surface area (Å²) in [6, 6.07) is 7.63. The van der Waals surface area contributed by atoms with Gasteiger partial charge in [0.1, 0.15) is 4.32 Å². The summed E-state index contributed by atoms with van der Waals surface area (Å²) in [5, 5.41) is 3.62. The Morgan fingerprint density at radius 3 is 2.80 bits per heavy atom. The number of thiocarbonyl (C=S) groups is 1. The first-order chi connectivity index (χ1) is 12.0. The minimum Gasteiger partial charge on any atom is -0.353 e. The van der Waals surface area contributed by atoms with Gasteiger partial charge in [-0.15, -0.1) is 0 Å². The van der Waals surface area contributed by atoms with Gasteiger partial charge in [-0.2, -0.15) is 0 Å². The van der Waals surface area contributed by atoms with E-state index >= 15 is 0 Å². The van der Waals surface area contributed by atoms with Gasteiger partial charge in [0.15, 0.2) is 0 Å². The third-order valence-corrected chi connectivity index (χ3v) is 6.07. The number of benzene rings is 1. The maximum absolute atomic E-state index is 12.6. The number of rotatable bonds is 5. The van der Waals surface area contributed by atoms with E-state index in [0.717, 1.165) is 18.4 Å². The molecule has 0 radical (unpaired) electrons. The molecule has 7 heteroatoms. The molecule has 132 valence electrons. The van der Waals surface area contributed by atoms with Crippen LogP contribution in [0.3, 0.4) is 0 Å². The fourth-order valence-corrected chi connectivity index (χ4v) is 4.50. The van der Waals surface area contributed by atoms with Crippen molar-refractivity contribution in [3.8, 4) is 0 Å². The molecule has 2 aliphatic rings. The van der Waals surface area contributed by atoms with E-state index in [4.69, 9.17) is 23.8 Å². The molecule has 1 aromatic rings. The molecular weight excluding hydrogens is 376 g/mol. The van der Waals surface area contributed by atoms with Gasteiger partial charge in [-0.3, -0.25) is 14.5 Å². The number of amides is 2. The van der Waals surface area contributed by atoms with Gasteiger partial charge in [0.2, 0.25) is 5.91 Å². The number of hydrogen-bond donors (Lipinski definition) is 1. The highest BCUT2D eigenvalue weighted by molar-refractivity contribution is 8.26. The molecule has 1 N–H and O–H groups in total. The fraction of sp³-hybridized carbons (Fsp3) is 0.389. The molecule has 4 nitrogen and oxygen atoms in total. The molecular formula is C18H19ClN2O2S2. The van der Waals surface area contributed by atoms with Crippen molar-refractivity contribution < 1.29 is 9.59 Å². The van der Waals surface area contributed by atoms with E-state index in [1.807, 2.05) is 18.2 Å². The Labute approximate surface area is 162 Å². The monoisotopic (exact) mass is 394 g/mol. The zero-order chi connectivity index (χ0) is 17.8. The highest BCUT2D eigenvalue weighted by atomic mass is 35.5. The molecule has 2 amide bonds. The Kier molecular flexibility index (Phi) is 6.15. The van der Waals surface area contributed by atoms with Crippen molar-refractivity contribution in [1.82, 2.24) is 10.2 Å². The minimum atomic E-state index is -0.163. The van der Waals surface area contributed by atoms with Gasteiger partial charge >= 0.3 is 0 Å². The minimum absolute atomic E-state index is 0.0176. The lowest BCUT2D eigenvalue weighted by atomic mass is 10.2. The zero-order valence-corrected chi connectivity index (χ0v) is 16.1. The zero-order valence-electron chi connectivity index (χ0n) is 13.7. The molecule has 0 unspecified atom stereocenters. The van der Waals surface area contributed by atoms with Crippen LogP contribution in [0.5, 0.6) is 0 Å². The van der Waals surface area contributed by atoms with E-state index in [9.17, 15) is 9.59 Å². The van der Waals surface area contributed by atoms with Crippen molar-refractivity contribution in [2.45, 2.75) is 38.1 Å². The molecule has 1 aromatic carbocycles. The quantitative estimate of drug-likeness (QED) is 0.606. The lowest BCUT2D eigenvalue weighted by molar-refractivity contribution is -0.124. The molecule has 2 fully saturated rings. The average Bonchev–Trinajstić information content (AvgIpc) is 3.17. The smallest absolute Gasteiger partial charge is 0.266 e. The van der Waals surface area contributed by atoms with Gasteiger partial charge in [-0.25, -0.2) is 0 Å². The van der Waals surface area contributed by atoms with Crippen LogP contribution in [-0.2, 0) is 9.59 Å². The molecule has 3 rings (SSSR count). The summed E-state index contributed by atoms with van der Waals surface area (Å²) in [6.45, 7) is 0.309. The lowest BCUT2D eigenvalue weighted by Gasteiger charge is -2.16. The number of hydrogen-bond acceptors (Lipinski definition) is 4. The van der Waals surface area contributed by atoms with Crippen LogP contribution in [0.2, 0.25) is 5.02 Å². The summed E-state index contributed by atoms with van der Waals surface area (Å²) >= 11 is 12.7. The van der Waals surface area contributed by atoms with Crippen LogP contribution in [0.1, 0.15) is 37.7 Å². The van der Waals surface area contributed by atoms with Crippen molar-refractivity contribution >= 4 is 57.8 Å². The molecule has 25 heavy (non-hydrogen) atoms. The molecule has 1 saturated heterocycles. The summed E-state index contributed by atoms with van der Waals surface area (Å²) in [5.74, 6) is -0.181. The maximum atomic E-state index is 12.6. The van der Waals surface area contributed by atoms with Crippen LogP contribution in [0.15, 0.2) is 29.2 Å². The predicted molar refractivity (Wildman–Crippen MR) is 106 cm³/mol. The Morgan fingerprint density at radius 2 is 2.08 bits per heavy atom. The predicted octanol–water partition coefficient (Wildman–Crippen LogP) is 3.99. The van der Waals surface area contributed by atoms with Gasteiger partial charge in [-0.1, -0.05) is 66.6 Å². The van der Waals surface area contributed by atoms with E-state index < -0.39 is 0 Å². The maximum Gasteiger partial charge on any atom is 0.266 e. The van der Waals surface area contributed by atoms with Gasteiger partial charge in [0.05, 0.1) is 4.91 Å². The standard InChI is InChI=1S/C18H19ClN2O2S2/c19-14-8-4-1-5-12(14)11-15-17(23)21(18(24)25-15)10-9-16(22)20-13-6-2-3-7-13/h1,4-5,8,11,13H,2-3,6-7,9-10H2,(H,20,22). The normalized spacial score (nSPS) is 19.9. The van der Waals surface area contributed by atoms with E-state index in [1.165, 1.54) is 29.5 Å². The molecule has 1 heterocycles. The van der Waals surface area contributed by atoms with Crippen molar-refractivity contribution in [2.75, 3.05) is 6.54 Å². The first-order valence-corrected chi connectivity index (χ1v) is 9.94.